The third kappa shape index (κ3) is 2.92. The molecule has 1 aromatic heterocycles. The fourth-order valence-electron chi connectivity index (χ4n) is 2.14. The number of nitrogens with one attached hydrogen (secondary N) is 1. The Morgan fingerprint density at radius 3 is 2.40 bits per heavy atom. The molecule has 0 unspecified atom stereocenters. The van der Waals surface area contributed by atoms with Gasteiger partial charge in [-0.15, -0.1) is 0 Å². The topological polar surface area (TPSA) is 85.3 Å². The zero-order chi connectivity index (χ0) is 14.8. The molecule has 20 heavy (non-hydrogen) atoms. The van der Waals surface area contributed by atoms with E-state index in [0.717, 1.165) is 5.56 Å². The molecule has 5 nitrogen and oxygen atoms in total. The van der Waals surface area contributed by atoms with Crippen molar-refractivity contribution in [3.63, 3.8) is 0 Å². The van der Waals surface area contributed by atoms with Crippen LogP contribution in [-0.2, 0) is 23.1 Å². The molecule has 6 heteroatoms. The summed E-state index contributed by atoms with van der Waals surface area (Å²) >= 11 is 0. The number of aryl methyl sites for hydroxylation is 2. The lowest BCUT2D eigenvalue weighted by molar-refractivity contribution is 0.494. The first-order valence-electron chi connectivity index (χ1n) is 6.28. The molecule has 2 rings (SSSR count). The number of rotatable bonds is 5. The van der Waals surface area contributed by atoms with Crippen molar-refractivity contribution < 1.29 is 12.8 Å². The maximum absolute atomic E-state index is 12.4. The first kappa shape index (κ1) is 14.8. The summed E-state index contributed by atoms with van der Waals surface area (Å²) in [6.07, 6.45) is 0. The molecule has 0 aliphatic carbocycles. The molecule has 3 N–H and O–H groups in total. The molecule has 0 atom stereocenters. The van der Waals surface area contributed by atoms with E-state index in [1.165, 1.54) is 0 Å². The van der Waals surface area contributed by atoms with E-state index >= 15 is 0 Å². The van der Waals surface area contributed by atoms with Crippen molar-refractivity contribution in [3.05, 3.63) is 53.0 Å². The third-order valence-electron chi connectivity index (χ3n) is 3.11. The molecule has 1 aromatic carbocycles. The highest BCUT2D eigenvalue weighted by atomic mass is 32.2. The Morgan fingerprint density at radius 2 is 1.80 bits per heavy atom. The summed E-state index contributed by atoms with van der Waals surface area (Å²) in [5.41, 5.74) is 7.04. The zero-order valence-corrected chi connectivity index (χ0v) is 12.3. The largest absolute Gasteiger partial charge is 0.465 e. The van der Waals surface area contributed by atoms with Crippen LogP contribution in [0.3, 0.4) is 0 Å². The van der Waals surface area contributed by atoms with Crippen molar-refractivity contribution in [1.82, 2.24) is 4.72 Å². The molecule has 0 saturated carbocycles. The van der Waals surface area contributed by atoms with Crippen LogP contribution >= 0.6 is 0 Å². The first-order chi connectivity index (χ1) is 9.45. The van der Waals surface area contributed by atoms with E-state index in [9.17, 15) is 8.42 Å². The van der Waals surface area contributed by atoms with Gasteiger partial charge in [-0.1, -0.05) is 30.3 Å². The second kappa shape index (κ2) is 5.78. The van der Waals surface area contributed by atoms with Gasteiger partial charge in [-0.3, -0.25) is 0 Å². The molecule has 0 saturated heterocycles. The SMILES string of the molecule is Cc1oc(C)c(S(=O)(=O)NCc2ccccc2)c1CN. The minimum Gasteiger partial charge on any atom is -0.465 e. The molecular formula is C14H18N2O3S. The molecule has 0 aliphatic heterocycles. The molecule has 0 spiro atoms. The van der Waals surface area contributed by atoms with E-state index in [4.69, 9.17) is 10.2 Å². The number of nitrogens with two attached hydrogens (primary N) is 1. The smallest absolute Gasteiger partial charge is 0.244 e. The van der Waals surface area contributed by atoms with Crippen molar-refractivity contribution in [2.24, 2.45) is 5.73 Å². The Kier molecular flexibility index (Phi) is 4.27. The lowest BCUT2D eigenvalue weighted by Crippen LogP contribution is -2.25. The Hall–Kier alpha value is -1.63. The van der Waals surface area contributed by atoms with Gasteiger partial charge in [0.1, 0.15) is 16.4 Å². The second-order valence-electron chi connectivity index (χ2n) is 4.54. The van der Waals surface area contributed by atoms with Crippen LogP contribution in [0.15, 0.2) is 39.6 Å². The van der Waals surface area contributed by atoms with Gasteiger partial charge >= 0.3 is 0 Å². The van der Waals surface area contributed by atoms with Crippen LogP contribution in [0.5, 0.6) is 0 Å². The Bertz CT molecular complexity index is 691. The van der Waals surface area contributed by atoms with E-state index in [2.05, 4.69) is 4.72 Å². The Balaban J connectivity index is 2.27. The predicted octanol–water partition coefficient (Wildman–Crippen LogP) is 1.83. The number of furan rings is 1. The summed E-state index contributed by atoms with van der Waals surface area (Å²) in [7, 11) is -3.63. The third-order valence-corrected chi connectivity index (χ3v) is 4.70. The van der Waals surface area contributed by atoms with Gasteiger partial charge in [-0.25, -0.2) is 13.1 Å². The van der Waals surface area contributed by atoms with Crippen LogP contribution in [0.2, 0.25) is 0 Å². The van der Waals surface area contributed by atoms with Gasteiger partial charge in [0.15, 0.2) is 0 Å². The molecular weight excluding hydrogens is 276 g/mol. The number of hydrogen-bond donors (Lipinski definition) is 2. The number of benzene rings is 1. The number of sulfonamides is 1. The highest BCUT2D eigenvalue weighted by molar-refractivity contribution is 7.89. The Labute approximate surface area is 118 Å². The first-order valence-corrected chi connectivity index (χ1v) is 7.76. The maximum Gasteiger partial charge on any atom is 0.244 e. The van der Waals surface area contributed by atoms with Gasteiger partial charge in [-0.05, 0) is 19.4 Å². The monoisotopic (exact) mass is 294 g/mol. The van der Waals surface area contributed by atoms with Crippen molar-refractivity contribution in [2.75, 3.05) is 0 Å². The van der Waals surface area contributed by atoms with Crippen LogP contribution in [-0.4, -0.2) is 8.42 Å². The van der Waals surface area contributed by atoms with Crippen molar-refractivity contribution in [1.29, 1.82) is 0 Å². The van der Waals surface area contributed by atoms with Gasteiger partial charge in [0, 0.05) is 18.7 Å². The maximum atomic E-state index is 12.4. The van der Waals surface area contributed by atoms with E-state index in [-0.39, 0.29) is 18.0 Å². The summed E-state index contributed by atoms with van der Waals surface area (Å²) < 4.78 is 32.7. The van der Waals surface area contributed by atoms with Crippen LogP contribution in [0.4, 0.5) is 0 Å². The molecule has 2 aromatic rings. The molecule has 0 amide bonds. The molecule has 108 valence electrons. The van der Waals surface area contributed by atoms with Crippen molar-refractivity contribution >= 4 is 10.0 Å². The van der Waals surface area contributed by atoms with Crippen LogP contribution in [0.1, 0.15) is 22.6 Å². The fraction of sp³-hybridized carbons (Fsp3) is 0.286. The average molecular weight is 294 g/mol. The molecule has 0 bridgehead atoms. The summed E-state index contributed by atoms with van der Waals surface area (Å²) in [6.45, 7) is 3.70. The molecule has 0 aliphatic rings. The second-order valence-corrected chi connectivity index (χ2v) is 6.24. The van der Waals surface area contributed by atoms with Gasteiger partial charge in [0.2, 0.25) is 10.0 Å². The van der Waals surface area contributed by atoms with Crippen LogP contribution in [0, 0.1) is 13.8 Å². The van der Waals surface area contributed by atoms with E-state index in [1.807, 2.05) is 30.3 Å². The van der Waals surface area contributed by atoms with Crippen LogP contribution in [0.25, 0.3) is 0 Å². The minimum atomic E-state index is -3.63. The van der Waals surface area contributed by atoms with Gasteiger partial charge in [0.25, 0.3) is 0 Å². The normalized spacial score (nSPS) is 11.8. The minimum absolute atomic E-state index is 0.130. The standard InChI is InChI=1S/C14H18N2O3S/c1-10-13(8-15)14(11(2)19-10)20(17,18)16-9-12-6-4-3-5-7-12/h3-7,16H,8-9,15H2,1-2H3. The number of hydrogen-bond acceptors (Lipinski definition) is 4. The lowest BCUT2D eigenvalue weighted by Gasteiger charge is -2.07. The van der Waals surface area contributed by atoms with Gasteiger partial charge in [-0.2, -0.15) is 0 Å². The van der Waals surface area contributed by atoms with E-state index < -0.39 is 10.0 Å². The summed E-state index contributed by atoms with van der Waals surface area (Å²) in [4.78, 5) is 0.161. The highest BCUT2D eigenvalue weighted by Crippen LogP contribution is 2.26. The predicted molar refractivity (Wildman–Crippen MR) is 76.5 cm³/mol. The molecule has 0 fully saturated rings. The van der Waals surface area contributed by atoms with Crippen molar-refractivity contribution in [3.8, 4) is 0 Å². The quantitative estimate of drug-likeness (QED) is 0.881. The fourth-order valence-corrected chi connectivity index (χ4v) is 3.62. The lowest BCUT2D eigenvalue weighted by atomic mass is 10.2. The van der Waals surface area contributed by atoms with Crippen molar-refractivity contribution in [2.45, 2.75) is 31.8 Å². The van der Waals surface area contributed by atoms with E-state index in [0.29, 0.717) is 17.1 Å². The molecule has 0 radical (unpaired) electrons. The Morgan fingerprint density at radius 1 is 1.15 bits per heavy atom. The molecule has 1 heterocycles. The summed E-state index contributed by atoms with van der Waals surface area (Å²) in [5.74, 6) is 0.911. The van der Waals surface area contributed by atoms with E-state index in [1.54, 1.807) is 13.8 Å². The summed E-state index contributed by atoms with van der Waals surface area (Å²) in [5, 5.41) is 0. The average Bonchev–Trinajstić information content (AvgIpc) is 2.72. The van der Waals surface area contributed by atoms with Gasteiger partial charge in [0.05, 0.1) is 0 Å². The highest BCUT2D eigenvalue weighted by Gasteiger charge is 2.25. The van der Waals surface area contributed by atoms with Gasteiger partial charge < -0.3 is 10.2 Å². The summed E-state index contributed by atoms with van der Waals surface area (Å²) in [6, 6.07) is 9.33. The van der Waals surface area contributed by atoms with Crippen LogP contribution < -0.4 is 10.5 Å². The zero-order valence-electron chi connectivity index (χ0n) is 11.5.